The van der Waals surface area contributed by atoms with Crippen LogP contribution in [0.5, 0.6) is 0 Å². The first-order valence-electron chi connectivity index (χ1n) is 5.19. The molecule has 0 atom stereocenters. The third-order valence-corrected chi connectivity index (χ3v) is 3.67. The quantitative estimate of drug-likeness (QED) is 0.816. The Hall–Kier alpha value is -0.480. The number of nitrogens with zero attached hydrogens (tertiary/aromatic N) is 2. The molecule has 1 heterocycles. The van der Waals surface area contributed by atoms with E-state index in [9.17, 15) is 5.11 Å². The van der Waals surface area contributed by atoms with Gasteiger partial charge in [-0.3, -0.25) is 0 Å². The highest BCUT2D eigenvalue weighted by Crippen LogP contribution is 2.31. The van der Waals surface area contributed by atoms with Crippen LogP contribution in [0, 0.1) is 6.92 Å². The smallest absolute Gasteiger partial charge is 0.120 e. The van der Waals surface area contributed by atoms with Crippen LogP contribution in [0.15, 0.2) is 0 Å². The van der Waals surface area contributed by atoms with Crippen molar-refractivity contribution in [3.63, 3.8) is 0 Å². The lowest BCUT2D eigenvalue weighted by atomic mass is 9.83. The summed E-state index contributed by atoms with van der Waals surface area (Å²) in [5.41, 5.74) is -0.496. The monoisotopic (exact) mass is 212 g/mol. The summed E-state index contributed by atoms with van der Waals surface area (Å²) in [4.78, 5) is 0. The molecule has 1 aromatic heterocycles. The zero-order valence-corrected chi connectivity index (χ0v) is 9.31. The van der Waals surface area contributed by atoms with Gasteiger partial charge in [-0.25, -0.2) is 0 Å². The summed E-state index contributed by atoms with van der Waals surface area (Å²) in [6.07, 6.45) is 6.09. The number of aryl methyl sites for hydroxylation is 1. The van der Waals surface area contributed by atoms with Crippen LogP contribution in [0.25, 0.3) is 0 Å². The van der Waals surface area contributed by atoms with Crippen LogP contribution < -0.4 is 0 Å². The van der Waals surface area contributed by atoms with Crippen molar-refractivity contribution in [1.29, 1.82) is 0 Å². The van der Waals surface area contributed by atoms with Crippen LogP contribution in [0.3, 0.4) is 0 Å². The fourth-order valence-corrected chi connectivity index (χ4v) is 2.92. The summed E-state index contributed by atoms with van der Waals surface area (Å²) < 4.78 is 0. The first kappa shape index (κ1) is 10.1. The van der Waals surface area contributed by atoms with Gasteiger partial charge in [-0.15, -0.1) is 21.5 Å². The Morgan fingerprint density at radius 3 is 2.57 bits per heavy atom. The van der Waals surface area contributed by atoms with Gasteiger partial charge in [0.25, 0.3) is 0 Å². The zero-order chi connectivity index (χ0) is 10.0. The zero-order valence-electron chi connectivity index (χ0n) is 8.49. The van der Waals surface area contributed by atoms with Gasteiger partial charge in [-0.2, -0.15) is 0 Å². The summed E-state index contributed by atoms with van der Waals surface area (Å²) in [5, 5.41) is 20.3. The third kappa shape index (κ3) is 2.30. The van der Waals surface area contributed by atoms with Gasteiger partial charge < -0.3 is 5.11 Å². The van der Waals surface area contributed by atoms with Crippen molar-refractivity contribution in [2.24, 2.45) is 0 Å². The maximum atomic E-state index is 10.3. The minimum atomic E-state index is -0.496. The van der Waals surface area contributed by atoms with E-state index in [1.807, 2.05) is 6.92 Å². The van der Waals surface area contributed by atoms with E-state index in [-0.39, 0.29) is 0 Å². The number of rotatable bonds is 2. The fourth-order valence-electron chi connectivity index (χ4n) is 2.08. The highest BCUT2D eigenvalue weighted by molar-refractivity contribution is 7.11. The summed E-state index contributed by atoms with van der Waals surface area (Å²) in [7, 11) is 0. The van der Waals surface area contributed by atoms with E-state index < -0.39 is 5.60 Å². The van der Waals surface area contributed by atoms with Crippen molar-refractivity contribution in [2.45, 2.75) is 51.0 Å². The first-order valence-corrected chi connectivity index (χ1v) is 6.01. The molecule has 0 aromatic carbocycles. The predicted molar refractivity (Wildman–Crippen MR) is 56.4 cm³/mol. The van der Waals surface area contributed by atoms with Crippen LogP contribution in [0.1, 0.15) is 42.1 Å². The second-order valence-corrected chi connectivity index (χ2v) is 5.44. The number of aromatic nitrogens is 2. The van der Waals surface area contributed by atoms with E-state index in [1.165, 1.54) is 6.42 Å². The Balaban J connectivity index is 2.01. The van der Waals surface area contributed by atoms with Crippen LogP contribution >= 0.6 is 11.3 Å². The van der Waals surface area contributed by atoms with E-state index in [1.54, 1.807) is 11.3 Å². The number of hydrogen-bond donors (Lipinski definition) is 1. The molecule has 0 spiro atoms. The van der Waals surface area contributed by atoms with Crippen molar-refractivity contribution in [3.8, 4) is 0 Å². The molecule has 0 amide bonds. The van der Waals surface area contributed by atoms with Gasteiger partial charge in [0, 0.05) is 6.42 Å². The normalized spacial score (nSPS) is 21.0. The largest absolute Gasteiger partial charge is 0.389 e. The van der Waals surface area contributed by atoms with Gasteiger partial charge in [0.2, 0.25) is 0 Å². The Morgan fingerprint density at radius 1 is 1.29 bits per heavy atom. The molecule has 0 aliphatic heterocycles. The molecule has 1 aliphatic carbocycles. The molecule has 3 nitrogen and oxygen atoms in total. The van der Waals surface area contributed by atoms with Crippen LogP contribution in [-0.2, 0) is 6.42 Å². The van der Waals surface area contributed by atoms with Gasteiger partial charge in [-0.1, -0.05) is 19.3 Å². The standard InChI is InChI=1S/C10H16N2OS/c1-8-11-12-9(14-8)7-10(13)5-3-2-4-6-10/h13H,2-7H2,1H3. The van der Waals surface area contributed by atoms with Crippen molar-refractivity contribution in [1.82, 2.24) is 10.2 Å². The first-order chi connectivity index (χ1) is 6.68. The van der Waals surface area contributed by atoms with E-state index >= 15 is 0 Å². The average molecular weight is 212 g/mol. The van der Waals surface area contributed by atoms with Crippen molar-refractivity contribution in [3.05, 3.63) is 10.0 Å². The van der Waals surface area contributed by atoms with E-state index in [0.717, 1.165) is 35.7 Å². The molecule has 0 radical (unpaired) electrons. The Kier molecular flexibility index (Phi) is 2.83. The Labute approximate surface area is 88.2 Å². The molecule has 0 bridgehead atoms. The molecule has 1 fully saturated rings. The van der Waals surface area contributed by atoms with Crippen molar-refractivity contribution in [2.75, 3.05) is 0 Å². The molecule has 78 valence electrons. The molecule has 1 aliphatic rings. The van der Waals surface area contributed by atoms with Gasteiger partial charge in [0.05, 0.1) is 5.60 Å². The highest BCUT2D eigenvalue weighted by Gasteiger charge is 2.30. The summed E-state index contributed by atoms with van der Waals surface area (Å²) in [6, 6.07) is 0. The molecule has 4 heteroatoms. The summed E-state index contributed by atoms with van der Waals surface area (Å²) in [5.74, 6) is 0. The molecule has 2 rings (SSSR count). The number of hydrogen-bond acceptors (Lipinski definition) is 4. The third-order valence-electron chi connectivity index (χ3n) is 2.83. The molecule has 1 saturated carbocycles. The minimum absolute atomic E-state index is 0.496. The maximum Gasteiger partial charge on any atom is 0.120 e. The molecular formula is C10H16N2OS. The van der Waals surface area contributed by atoms with Crippen LogP contribution in [0.2, 0.25) is 0 Å². The van der Waals surface area contributed by atoms with E-state index in [4.69, 9.17) is 0 Å². The molecule has 1 aromatic rings. The second kappa shape index (κ2) is 3.95. The number of aliphatic hydroxyl groups is 1. The average Bonchev–Trinajstić information content (AvgIpc) is 2.51. The fraction of sp³-hybridized carbons (Fsp3) is 0.800. The lowest BCUT2D eigenvalue weighted by Gasteiger charge is -2.30. The van der Waals surface area contributed by atoms with Crippen molar-refractivity contribution >= 4 is 11.3 Å². The van der Waals surface area contributed by atoms with E-state index in [2.05, 4.69) is 10.2 Å². The topological polar surface area (TPSA) is 46.0 Å². The summed E-state index contributed by atoms with van der Waals surface area (Å²) in [6.45, 7) is 1.95. The molecule has 0 unspecified atom stereocenters. The molecule has 14 heavy (non-hydrogen) atoms. The molecular weight excluding hydrogens is 196 g/mol. The van der Waals surface area contributed by atoms with Crippen LogP contribution in [0.4, 0.5) is 0 Å². The Morgan fingerprint density at radius 2 is 2.00 bits per heavy atom. The molecule has 0 saturated heterocycles. The maximum absolute atomic E-state index is 10.3. The van der Waals surface area contributed by atoms with Gasteiger partial charge in [0.15, 0.2) is 0 Å². The van der Waals surface area contributed by atoms with E-state index in [0.29, 0.717) is 6.42 Å². The second-order valence-electron chi connectivity index (χ2n) is 4.18. The highest BCUT2D eigenvalue weighted by atomic mass is 32.1. The Bertz CT molecular complexity index is 305. The van der Waals surface area contributed by atoms with Gasteiger partial charge >= 0.3 is 0 Å². The summed E-state index contributed by atoms with van der Waals surface area (Å²) >= 11 is 1.60. The van der Waals surface area contributed by atoms with Gasteiger partial charge in [0.1, 0.15) is 10.0 Å². The SMILES string of the molecule is Cc1nnc(CC2(O)CCCCC2)s1. The van der Waals surface area contributed by atoms with Crippen molar-refractivity contribution < 1.29 is 5.11 Å². The van der Waals surface area contributed by atoms with Gasteiger partial charge in [-0.05, 0) is 19.8 Å². The predicted octanol–water partition coefficient (Wildman–Crippen LogP) is 2.08. The molecule has 1 N–H and O–H groups in total. The lowest BCUT2D eigenvalue weighted by Crippen LogP contribution is -2.33. The minimum Gasteiger partial charge on any atom is -0.389 e. The van der Waals surface area contributed by atoms with Crippen LogP contribution in [-0.4, -0.2) is 20.9 Å². The lowest BCUT2D eigenvalue weighted by molar-refractivity contribution is 0.00433.